The molecule has 162 valence electrons. The molecule has 30 heavy (non-hydrogen) atoms. The third-order valence-electron chi connectivity index (χ3n) is 5.43. The highest BCUT2D eigenvalue weighted by Gasteiger charge is 2.18. The van der Waals surface area contributed by atoms with E-state index in [2.05, 4.69) is 4.90 Å². The predicted molar refractivity (Wildman–Crippen MR) is 127 cm³/mol. The number of carbonyl (C=O) groups is 1. The van der Waals surface area contributed by atoms with Gasteiger partial charge in [0.1, 0.15) is 0 Å². The third-order valence-corrected chi connectivity index (χ3v) is 6.91. The summed E-state index contributed by atoms with van der Waals surface area (Å²) in [7, 11) is 0. The molecule has 0 saturated carbocycles. The van der Waals surface area contributed by atoms with Crippen molar-refractivity contribution in [2.24, 2.45) is 0 Å². The van der Waals surface area contributed by atoms with E-state index in [-0.39, 0.29) is 12.3 Å². The number of carbonyl (C=O) groups excluding carboxylic acids is 1. The smallest absolute Gasteiger partial charge is 0.227 e. The van der Waals surface area contributed by atoms with Crippen LogP contribution in [0.25, 0.3) is 0 Å². The first kappa shape index (κ1) is 23.7. The van der Waals surface area contributed by atoms with Gasteiger partial charge < -0.3 is 9.80 Å². The van der Waals surface area contributed by atoms with Gasteiger partial charge in [-0.05, 0) is 61.3 Å². The van der Waals surface area contributed by atoms with E-state index in [0.29, 0.717) is 33.2 Å². The van der Waals surface area contributed by atoms with E-state index >= 15 is 0 Å². The summed E-state index contributed by atoms with van der Waals surface area (Å²) in [6.45, 7) is 4.23. The lowest BCUT2D eigenvalue weighted by molar-refractivity contribution is -0.131. The highest BCUT2D eigenvalue weighted by Crippen LogP contribution is 2.25. The van der Waals surface area contributed by atoms with Crippen LogP contribution in [-0.4, -0.2) is 41.9 Å². The van der Waals surface area contributed by atoms with E-state index in [1.54, 1.807) is 18.2 Å². The number of benzene rings is 2. The number of hydrogen-bond donors (Lipinski definition) is 0. The van der Waals surface area contributed by atoms with Crippen LogP contribution in [0.1, 0.15) is 36.8 Å². The summed E-state index contributed by atoms with van der Waals surface area (Å²) in [4.78, 5) is 17.5. The topological polar surface area (TPSA) is 23.6 Å². The second-order valence-corrected chi connectivity index (χ2v) is 9.37. The lowest BCUT2D eigenvalue weighted by Crippen LogP contribution is -2.39. The zero-order valence-electron chi connectivity index (χ0n) is 16.8. The highest BCUT2D eigenvalue weighted by molar-refractivity contribution is 6.42. The minimum Gasteiger partial charge on any atom is -0.337 e. The molecule has 2 aromatic rings. The SMILES string of the molecule is O=C(Cc1ccc(Cl)c(Cl)c1)N(CCN1CCCCCC1)Cc1ccc(Cl)c(Cl)c1. The number of likely N-dealkylation sites (tertiary alicyclic amines) is 1. The Kier molecular flexibility index (Phi) is 9.15. The molecule has 0 aliphatic carbocycles. The molecule has 1 aliphatic heterocycles. The van der Waals surface area contributed by atoms with Crippen molar-refractivity contribution in [2.75, 3.05) is 26.2 Å². The van der Waals surface area contributed by atoms with Gasteiger partial charge in [-0.15, -0.1) is 0 Å². The van der Waals surface area contributed by atoms with Crippen molar-refractivity contribution in [3.05, 3.63) is 67.6 Å². The molecular weight excluding hydrogens is 462 g/mol. The monoisotopic (exact) mass is 486 g/mol. The van der Waals surface area contributed by atoms with Crippen molar-refractivity contribution in [2.45, 2.75) is 38.6 Å². The number of nitrogens with zero attached hydrogens (tertiary/aromatic N) is 2. The molecule has 0 unspecified atom stereocenters. The minimum atomic E-state index is 0.0503. The van der Waals surface area contributed by atoms with Gasteiger partial charge in [-0.25, -0.2) is 0 Å². The fourth-order valence-electron chi connectivity index (χ4n) is 3.71. The molecule has 0 atom stereocenters. The summed E-state index contributed by atoms with van der Waals surface area (Å²) in [6, 6.07) is 10.9. The predicted octanol–water partition coefficient (Wildman–Crippen LogP) is 6.75. The van der Waals surface area contributed by atoms with Crippen LogP contribution in [0.5, 0.6) is 0 Å². The highest BCUT2D eigenvalue weighted by atomic mass is 35.5. The second kappa shape index (κ2) is 11.6. The van der Waals surface area contributed by atoms with Gasteiger partial charge >= 0.3 is 0 Å². The maximum Gasteiger partial charge on any atom is 0.227 e. The van der Waals surface area contributed by atoms with Crippen molar-refractivity contribution in [3.63, 3.8) is 0 Å². The average Bonchev–Trinajstić information content (AvgIpc) is 2.99. The summed E-state index contributed by atoms with van der Waals surface area (Å²) >= 11 is 24.4. The van der Waals surface area contributed by atoms with E-state index < -0.39 is 0 Å². The quantitative estimate of drug-likeness (QED) is 0.431. The first-order valence-electron chi connectivity index (χ1n) is 10.3. The van der Waals surface area contributed by atoms with Crippen LogP contribution in [0.2, 0.25) is 20.1 Å². The summed E-state index contributed by atoms with van der Waals surface area (Å²) in [5.74, 6) is 0.0503. The van der Waals surface area contributed by atoms with E-state index in [9.17, 15) is 4.79 Å². The Morgan fingerprint density at radius 3 is 1.97 bits per heavy atom. The maximum atomic E-state index is 13.2. The summed E-state index contributed by atoms with van der Waals surface area (Å²) in [5.41, 5.74) is 1.81. The minimum absolute atomic E-state index is 0.0503. The molecule has 1 saturated heterocycles. The number of amides is 1. The third kappa shape index (κ3) is 7.03. The summed E-state index contributed by atoms with van der Waals surface area (Å²) in [6.07, 6.45) is 5.31. The van der Waals surface area contributed by atoms with Gasteiger partial charge in [-0.3, -0.25) is 4.79 Å². The van der Waals surface area contributed by atoms with Crippen LogP contribution in [0, 0.1) is 0 Å². The molecule has 1 heterocycles. The van der Waals surface area contributed by atoms with Crippen LogP contribution in [-0.2, 0) is 17.8 Å². The van der Waals surface area contributed by atoms with E-state index in [4.69, 9.17) is 46.4 Å². The maximum absolute atomic E-state index is 13.2. The Labute approximate surface area is 198 Å². The van der Waals surface area contributed by atoms with E-state index in [0.717, 1.165) is 30.8 Å². The van der Waals surface area contributed by atoms with Crippen LogP contribution >= 0.6 is 46.4 Å². The molecule has 0 aromatic heterocycles. The molecule has 1 aliphatic rings. The van der Waals surface area contributed by atoms with Gasteiger partial charge in [0, 0.05) is 19.6 Å². The number of halogens is 4. The molecule has 0 radical (unpaired) electrons. The normalized spacial score (nSPS) is 15.1. The lowest BCUT2D eigenvalue weighted by Gasteiger charge is -2.27. The fraction of sp³-hybridized carbons (Fsp3) is 0.435. The first-order chi connectivity index (χ1) is 14.4. The van der Waals surface area contributed by atoms with Gasteiger partial charge in [-0.1, -0.05) is 71.4 Å². The molecule has 3 rings (SSSR count). The second-order valence-electron chi connectivity index (χ2n) is 7.74. The van der Waals surface area contributed by atoms with Crippen LogP contribution in [0.15, 0.2) is 36.4 Å². The van der Waals surface area contributed by atoms with Crippen molar-refractivity contribution >= 4 is 52.3 Å². The van der Waals surface area contributed by atoms with Gasteiger partial charge in [0.05, 0.1) is 26.5 Å². The zero-order valence-corrected chi connectivity index (χ0v) is 19.9. The standard InChI is InChI=1S/C23H26Cl4N2O/c24-19-7-5-17(13-21(19)26)15-23(30)29(12-11-28-9-3-1-2-4-10-28)16-18-6-8-20(25)22(27)14-18/h5-8,13-14H,1-4,9-12,15-16H2. The van der Waals surface area contributed by atoms with Crippen molar-refractivity contribution < 1.29 is 4.79 Å². The van der Waals surface area contributed by atoms with Crippen molar-refractivity contribution in [1.29, 1.82) is 0 Å². The summed E-state index contributed by atoms with van der Waals surface area (Å²) in [5, 5.41) is 1.96. The molecule has 0 spiro atoms. The van der Waals surface area contributed by atoms with Gasteiger partial charge in [0.25, 0.3) is 0 Å². The van der Waals surface area contributed by atoms with E-state index in [1.807, 2.05) is 23.1 Å². The first-order valence-corrected chi connectivity index (χ1v) is 11.8. The van der Waals surface area contributed by atoms with Crippen LogP contribution in [0.4, 0.5) is 0 Å². The Morgan fingerprint density at radius 2 is 1.37 bits per heavy atom. The van der Waals surface area contributed by atoms with Gasteiger partial charge in [0.2, 0.25) is 5.91 Å². The van der Waals surface area contributed by atoms with Gasteiger partial charge in [0.15, 0.2) is 0 Å². The molecule has 0 N–H and O–H groups in total. The molecule has 2 aromatic carbocycles. The van der Waals surface area contributed by atoms with Crippen LogP contribution in [0.3, 0.4) is 0 Å². The Balaban J connectivity index is 1.71. The van der Waals surface area contributed by atoms with Crippen LogP contribution < -0.4 is 0 Å². The summed E-state index contributed by atoms with van der Waals surface area (Å²) < 4.78 is 0. The fourth-order valence-corrected chi connectivity index (χ4v) is 4.35. The molecule has 0 bridgehead atoms. The Bertz CT molecular complexity index is 866. The van der Waals surface area contributed by atoms with Crippen molar-refractivity contribution in [1.82, 2.24) is 9.80 Å². The Morgan fingerprint density at radius 1 is 0.800 bits per heavy atom. The molecule has 7 heteroatoms. The molecule has 1 amide bonds. The average molecular weight is 488 g/mol. The molecule has 3 nitrogen and oxygen atoms in total. The Hall–Kier alpha value is -0.970. The van der Waals surface area contributed by atoms with Crippen molar-refractivity contribution in [3.8, 4) is 0 Å². The van der Waals surface area contributed by atoms with Gasteiger partial charge in [-0.2, -0.15) is 0 Å². The lowest BCUT2D eigenvalue weighted by atomic mass is 10.1. The number of hydrogen-bond acceptors (Lipinski definition) is 2. The molecular formula is C23H26Cl4N2O. The zero-order chi connectivity index (χ0) is 21.5. The van der Waals surface area contributed by atoms with E-state index in [1.165, 1.54) is 25.7 Å². The largest absolute Gasteiger partial charge is 0.337 e. The molecule has 1 fully saturated rings. The number of rotatable bonds is 7.